The molecule has 0 saturated heterocycles. The van der Waals surface area contributed by atoms with Crippen molar-refractivity contribution in [3.63, 3.8) is 0 Å². The van der Waals surface area contributed by atoms with E-state index in [9.17, 15) is 24.3 Å². The molecule has 1 amide bonds. The maximum atomic E-state index is 13.4. The summed E-state index contributed by atoms with van der Waals surface area (Å²) >= 11 is 0. The zero-order valence-electron chi connectivity index (χ0n) is 19.1. The molecule has 3 aromatic rings. The molecule has 1 aliphatic rings. The molecular formula is C26H27N3O6. The number of aromatic hydroxyl groups is 1. The number of carboxylic acid groups (broad SMARTS) is 1. The molecule has 1 heterocycles. The Morgan fingerprint density at radius 2 is 1.54 bits per heavy atom. The van der Waals surface area contributed by atoms with Crippen molar-refractivity contribution in [3.05, 3.63) is 86.6 Å². The SMILES string of the molecule is O=C(O)CNC(=O)c1c(O)n(C2CCCCC2)c(=O)n(Cc2ccc(-c3ccccc3)cc2)c1=O. The van der Waals surface area contributed by atoms with E-state index in [4.69, 9.17) is 5.11 Å². The average molecular weight is 478 g/mol. The molecule has 4 rings (SSSR count). The summed E-state index contributed by atoms with van der Waals surface area (Å²) in [5.41, 5.74) is 0.383. The molecule has 1 aliphatic carbocycles. The van der Waals surface area contributed by atoms with Crippen LogP contribution in [0.3, 0.4) is 0 Å². The third kappa shape index (κ3) is 5.18. The Morgan fingerprint density at radius 1 is 0.914 bits per heavy atom. The molecule has 0 bridgehead atoms. The number of aromatic nitrogens is 2. The highest BCUT2D eigenvalue weighted by Crippen LogP contribution is 2.30. The number of hydrogen-bond donors (Lipinski definition) is 3. The summed E-state index contributed by atoms with van der Waals surface area (Å²) in [5.74, 6) is -3.05. The van der Waals surface area contributed by atoms with E-state index in [0.717, 1.165) is 39.5 Å². The van der Waals surface area contributed by atoms with Crippen LogP contribution in [0.2, 0.25) is 0 Å². The van der Waals surface area contributed by atoms with Crippen molar-refractivity contribution in [1.29, 1.82) is 0 Å². The van der Waals surface area contributed by atoms with Gasteiger partial charge >= 0.3 is 11.7 Å². The van der Waals surface area contributed by atoms with Gasteiger partial charge in [0.1, 0.15) is 6.54 Å². The van der Waals surface area contributed by atoms with Gasteiger partial charge in [-0.2, -0.15) is 0 Å². The third-order valence-electron chi connectivity index (χ3n) is 6.32. The summed E-state index contributed by atoms with van der Waals surface area (Å²) in [7, 11) is 0. The van der Waals surface area contributed by atoms with E-state index >= 15 is 0 Å². The highest BCUT2D eigenvalue weighted by molar-refractivity contribution is 5.97. The van der Waals surface area contributed by atoms with Crippen molar-refractivity contribution >= 4 is 11.9 Å². The number of amides is 1. The summed E-state index contributed by atoms with van der Waals surface area (Å²) in [6, 6.07) is 16.8. The largest absolute Gasteiger partial charge is 0.494 e. The van der Waals surface area contributed by atoms with Crippen molar-refractivity contribution in [1.82, 2.24) is 14.5 Å². The van der Waals surface area contributed by atoms with Crippen molar-refractivity contribution in [2.45, 2.75) is 44.7 Å². The van der Waals surface area contributed by atoms with Crippen LogP contribution in [0.25, 0.3) is 11.1 Å². The van der Waals surface area contributed by atoms with Gasteiger partial charge in [-0.3, -0.25) is 23.5 Å². The van der Waals surface area contributed by atoms with Crippen molar-refractivity contribution in [3.8, 4) is 17.0 Å². The summed E-state index contributed by atoms with van der Waals surface area (Å²) in [4.78, 5) is 50.2. The lowest BCUT2D eigenvalue weighted by atomic mass is 9.95. The molecule has 1 fully saturated rings. The van der Waals surface area contributed by atoms with Crippen molar-refractivity contribution < 1.29 is 19.8 Å². The number of carbonyl (C=O) groups excluding carboxylic acids is 1. The van der Waals surface area contributed by atoms with E-state index in [-0.39, 0.29) is 12.6 Å². The van der Waals surface area contributed by atoms with Gasteiger partial charge in [0.15, 0.2) is 5.56 Å². The molecule has 3 N–H and O–H groups in total. The summed E-state index contributed by atoms with van der Waals surface area (Å²) in [5, 5.41) is 21.8. The number of nitrogens with one attached hydrogen (secondary N) is 1. The van der Waals surface area contributed by atoms with Crippen molar-refractivity contribution in [2.24, 2.45) is 0 Å². The molecule has 9 heteroatoms. The van der Waals surface area contributed by atoms with E-state index in [1.807, 2.05) is 42.5 Å². The van der Waals surface area contributed by atoms with Gasteiger partial charge in [-0.15, -0.1) is 0 Å². The maximum Gasteiger partial charge on any atom is 0.334 e. The molecule has 0 unspecified atom stereocenters. The first-order chi connectivity index (χ1) is 16.9. The fourth-order valence-electron chi connectivity index (χ4n) is 4.53. The monoisotopic (exact) mass is 477 g/mol. The normalized spacial score (nSPS) is 13.9. The Bertz CT molecular complexity index is 1340. The number of carboxylic acids is 1. The molecule has 1 saturated carbocycles. The Morgan fingerprint density at radius 3 is 2.17 bits per heavy atom. The first-order valence-electron chi connectivity index (χ1n) is 11.6. The number of rotatable bonds is 7. The van der Waals surface area contributed by atoms with E-state index in [2.05, 4.69) is 5.32 Å². The van der Waals surface area contributed by atoms with Crippen LogP contribution in [-0.4, -0.2) is 37.8 Å². The Kier molecular flexibility index (Phi) is 7.14. The van der Waals surface area contributed by atoms with Crippen LogP contribution in [0.15, 0.2) is 64.2 Å². The lowest BCUT2D eigenvalue weighted by molar-refractivity contribution is -0.135. The zero-order chi connectivity index (χ0) is 24.9. The van der Waals surface area contributed by atoms with Gasteiger partial charge in [-0.05, 0) is 29.5 Å². The fraction of sp³-hybridized carbons (Fsp3) is 0.308. The number of hydrogen-bond acceptors (Lipinski definition) is 5. The number of aliphatic carboxylic acids is 1. The van der Waals surface area contributed by atoms with Gasteiger partial charge in [0.2, 0.25) is 5.88 Å². The number of benzene rings is 2. The van der Waals surface area contributed by atoms with Crippen LogP contribution in [0.5, 0.6) is 5.88 Å². The second kappa shape index (κ2) is 10.4. The second-order valence-electron chi connectivity index (χ2n) is 8.67. The molecule has 0 atom stereocenters. The van der Waals surface area contributed by atoms with Gasteiger partial charge in [-0.25, -0.2) is 4.79 Å². The van der Waals surface area contributed by atoms with Crippen LogP contribution in [-0.2, 0) is 11.3 Å². The van der Waals surface area contributed by atoms with Crippen LogP contribution >= 0.6 is 0 Å². The average Bonchev–Trinajstić information content (AvgIpc) is 2.87. The molecule has 35 heavy (non-hydrogen) atoms. The topological polar surface area (TPSA) is 131 Å². The van der Waals surface area contributed by atoms with E-state index in [1.54, 1.807) is 12.1 Å². The van der Waals surface area contributed by atoms with Crippen LogP contribution in [0.4, 0.5) is 0 Å². The van der Waals surface area contributed by atoms with Gasteiger partial charge in [0.25, 0.3) is 11.5 Å². The lowest BCUT2D eigenvalue weighted by Gasteiger charge is -2.26. The van der Waals surface area contributed by atoms with Crippen LogP contribution < -0.4 is 16.6 Å². The molecule has 0 radical (unpaired) electrons. The molecule has 0 spiro atoms. The van der Waals surface area contributed by atoms with Gasteiger partial charge < -0.3 is 15.5 Å². The van der Waals surface area contributed by atoms with E-state index in [1.165, 1.54) is 0 Å². The quantitative estimate of drug-likeness (QED) is 0.480. The lowest BCUT2D eigenvalue weighted by Crippen LogP contribution is -2.46. The molecule has 1 aromatic heterocycles. The van der Waals surface area contributed by atoms with Crippen LogP contribution in [0, 0.1) is 0 Å². The van der Waals surface area contributed by atoms with E-state index in [0.29, 0.717) is 18.4 Å². The van der Waals surface area contributed by atoms with Gasteiger partial charge in [0, 0.05) is 6.04 Å². The minimum Gasteiger partial charge on any atom is -0.494 e. The third-order valence-corrected chi connectivity index (χ3v) is 6.32. The molecule has 182 valence electrons. The first kappa shape index (κ1) is 24.0. The Labute approximate surface area is 201 Å². The minimum atomic E-state index is -1.29. The highest BCUT2D eigenvalue weighted by atomic mass is 16.4. The van der Waals surface area contributed by atoms with Gasteiger partial charge in [-0.1, -0.05) is 73.9 Å². The van der Waals surface area contributed by atoms with E-state index < -0.39 is 41.1 Å². The second-order valence-corrected chi connectivity index (χ2v) is 8.67. The molecule has 0 aliphatic heterocycles. The highest BCUT2D eigenvalue weighted by Gasteiger charge is 2.29. The maximum absolute atomic E-state index is 13.4. The number of carbonyl (C=O) groups is 2. The first-order valence-corrected chi connectivity index (χ1v) is 11.6. The smallest absolute Gasteiger partial charge is 0.334 e. The summed E-state index contributed by atoms with van der Waals surface area (Å²) < 4.78 is 2.05. The van der Waals surface area contributed by atoms with Crippen LogP contribution in [0.1, 0.15) is 54.1 Å². The Hall–Kier alpha value is -4.14. The predicted molar refractivity (Wildman–Crippen MR) is 130 cm³/mol. The molecular weight excluding hydrogens is 450 g/mol. The standard InChI is InChI=1S/C26H27N3O6/c30-21(31)15-27-23(32)22-24(33)28(26(35)29(25(22)34)20-9-5-2-6-10-20)16-17-11-13-19(14-12-17)18-7-3-1-4-8-18/h1,3-4,7-8,11-14,20,34H,2,5-6,9-10,15-16H2,(H,27,32)(H,30,31). The predicted octanol–water partition coefficient (Wildman–Crippen LogP) is 2.75. The number of nitrogens with zero attached hydrogens (tertiary/aromatic N) is 2. The molecule has 9 nitrogen and oxygen atoms in total. The summed E-state index contributed by atoms with van der Waals surface area (Å²) in [6.07, 6.45) is 3.99. The van der Waals surface area contributed by atoms with Gasteiger partial charge in [0.05, 0.1) is 6.54 Å². The fourth-order valence-corrected chi connectivity index (χ4v) is 4.53. The Balaban J connectivity index is 1.76. The van der Waals surface area contributed by atoms with Crippen molar-refractivity contribution in [2.75, 3.05) is 6.54 Å². The minimum absolute atomic E-state index is 0.0983. The summed E-state index contributed by atoms with van der Waals surface area (Å²) in [6.45, 7) is -0.819. The molecule has 2 aromatic carbocycles. The zero-order valence-corrected chi connectivity index (χ0v) is 19.1.